The van der Waals surface area contributed by atoms with Gasteiger partial charge in [0.25, 0.3) is 0 Å². The van der Waals surface area contributed by atoms with Crippen LogP contribution in [-0.2, 0) is 19.3 Å². The van der Waals surface area contributed by atoms with Crippen LogP contribution in [0.3, 0.4) is 0 Å². The number of alkyl halides is 3. The van der Waals surface area contributed by atoms with Crippen molar-refractivity contribution in [1.29, 1.82) is 0 Å². The molecule has 1 fully saturated rings. The van der Waals surface area contributed by atoms with Crippen molar-refractivity contribution in [3.63, 3.8) is 0 Å². The summed E-state index contributed by atoms with van der Waals surface area (Å²) in [5.74, 6) is -0.476. The van der Waals surface area contributed by atoms with E-state index in [-0.39, 0.29) is 17.3 Å². The molecule has 0 spiro atoms. The molecule has 0 N–H and O–H groups in total. The molecule has 2 heterocycles. The van der Waals surface area contributed by atoms with Crippen LogP contribution in [0.5, 0.6) is 0 Å². The quantitative estimate of drug-likeness (QED) is 0.726. The number of benzene rings is 1. The number of hydrogen-bond acceptors (Lipinski definition) is 3. The third-order valence-corrected chi connectivity index (χ3v) is 5.25. The number of ketones is 1. The Bertz CT molecular complexity index is 813. The maximum atomic E-state index is 12.9. The van der Waals surface area contributed by atoms with Gasteiger partial charge in [-0.25, -0.2) is 0 Å². The van der Waals surface area contributed by atoms with Crippen LogP contribution in [0.15, 0.2) is 30.5 Å². The van der Waals surface area contributed by atoms with Gasteiger partial charge < -0.3 is 0 Å². The highest BCUT2D eigenvalue weighted by molar-refractivity contribution is 5.98. The van der Waals surface area contributed by atoms with Gasteiger partial charge in [-0.2, -0.15) is 18.3 Å². The zero-order valence-corrected chi connectivity index (χ0v) is 15.6. The summed E-state index contributed by atoms with van der Waals surface area (Å²) in [4.78, 5) is 15.0. The van der Waals surface area contributed by atoms with Crippen molar-refractivity contribution in [2.75, 3.05) is 13.1 Å². The van der Waals surface area contributed by atoms with Crippen LogP contribution in [0.4, 0.5) is 13.2 Å². The molecule has 1 aliphatic rings. The minimum absolute atomic E-state index is 0.145. The Morgan fingerprint density at radius 1 is 1.33 bits per heavy atom. The lowest BCUT2D eigenvalue weighted by Gasteiger charge is -2.32. The van der Waals surface area contributed by atoms with Gasteiger partial charge in [0.2, 0.25) is 0 Å². The van der Waals surface area contributed by atoms with Crippen LogP contribution in [0.2, 0.25) is 0 Å². The van der Waals surface area contributed by atoms with Gasteiger partial charge in [-0.1, -0.05) is 12.1 Å². The fourth-order valence-electron chi connectivity index (χ4n) is 3.70. The van der Waals surface area contributed by atoms with Crippen LogP contribution < -0.4 is 0 Å². The Kier molecular flexibility index (Phi) is 5.69. The van der Waals surface area contributed by atoms with Gasteiger partial charge >= 0.3 is 6.18 Å². The van der Waals surface area contributed by atoms with Crippen LogP contribution in [0.25, 0.3) is 0 Å². The smallest absolute Gasteiger partial charge is 0.298 e. The zero-order valence-electron chi connectivity index (χ0n) is 15.6. The van der Waals surface area contributed by atoms with Crippen molar-refractivity contribution in [2.45, 2.75) is 46.0 Å². The number of aromatic nitrogens is 2. The zero-order chi connectivity index (χ0) is 19.6. The third-order valence-electron chi connectivity index (χ3n) is 5.25. The summed E-state index contributed by atoms with van der Waals surface area (Å²) in [5.41, 5.74) is 1.61. The number of likely N-dealkylation sites (tertiary alicyclic amines) is 1. The number of carbonyl (C=O) groups is 1. The van der Waals surface area contributed by atoms with Gasteiger partial charge in [-0.3, -0.25) is 14.4 Å². The lowest BCUT2D eigenvalue weighted by molar-refractivity contribution is -0.137. The molecule has 3 rings (SSSR count). The van der Waals surface area contributed by atoms with Gasteiger partial charge in [-0.15, -0.1) is 0 Å². The van der Waals surface area contributed by atoms with Gasteiger partial charge in [0, 0.05) is 42.4 Å². The van der Waals surface area contributed by atoms with Gasteiger partial charge in [0.05, 0.1) is 11.8 Å². The Morgan fingerprint density at radius 2 is 2.11 bits per heavy atom. The van der Waals surface area contributed by atoms with Crippen molar-refractivity contribution >= 4 is 5.78 Å². The van der Waals surface area contributed by atoms with Crippen LogP contribution in [0.1, 0.15) is 46.9 Å². The van der Waals surface area contributed by atoms with Crippen LogP contribution in [-0.4, -0.2) is 33.6 Å². The number of hydrogen-bond donors (Lipinski definition) is 0. The monoisotopic (exact) mass is 379 g/mol. The number of carbonyl (C=O) groups excluding carboxylic acids is 1. The summed E-state index contributed by atoms with van der Waals surface area (Å²) < 4.78 is 40.7. The number of piperidine rings is 1. The van der Waals surface area contributed by atoms with E-state index in [0.29, 0.717) is 19.5 Å². The van der Waals surface area contributed by atoms with E-state index in [9.17, 15) is 18.0 Å². The van der Waals surface area contributed by atoms with Crippen LogP contribution in [0, 0.1) is 12.8 Å². The lowest BCUT2D eigenvalue weighted by atomic mass is 9.89. The summed E-state index contributed by atoms with van der Waals surface area (Å²) in [7, 11) is 0. The maximum Gasteiger partial charge on any atom is 0.416 e. The Balaban J connectivity index is 1.70. The SMILES string of the molecule is CCn1ncc(CN2CCCC(C(=O)c3cccc(C(F)(F)F)c3)C2)c1C. The largest absolute Gasteiger partial charge is 0.416 e. The molecule has 1 aromatic heterocycles. The summed E-state index contributed by atoms with van der Waals surface area (Å²) in [6.45, 7) is 7.02. The molecule has 1 unspecified atom stereocenters. The van der Waals surface area contributed by atoms with Crippen molar-refractivity contribution < 1.29 is 18.0 Å². The summed E-state index contributed by atoms with van der Waals surface area (Å²) >= 11 is 0. The molecule has 0 bridgehead atoms. The molecular formula is C20H24F3N3O. The minimum Gasteiger partial charge on any atom is -0.298 e. The summed E-state index contributed by atoms with van der Waals surface area (Å²) in [6.07, 6.45) is -1.02. The highest BCUT2D eigenvalue weighted by atomic mass is 19.4. The molecule has 0 aliphatic carbocycles. The van der Waals surface area contributed by atoms with Gasteiger partial charge in [-0.05, 0) is 45.4 Å². The van der Waals surface area contributed by atoms with E-state index in [1.165, 1.54) is 12.1 Å². The molecule has 1 aromatic carbocycles. The van der Waals surface area contributed by atoms with Crippen molar-refractivity contribution in [1.82, 2.24) is 14.7 Å². The van der Waals surface area contributed by atoms with E-state index >= 15 is 0 Å². The molecule has 146 valence electrons. The number of rotatable bonds is 5. The average molecular weight is 379 g/mol. The Hall–Kier alpha value is -2.15. The molecule has 2 aromatic rings. The molecule has 7 heteroatoms. The Morgan fingerprint density at radius 3 is 2.78 bits per heavy atom. The predicted octanol–water partition coefficient (Wildman–Crippen LogP) is 4.33. The summed E-state index contributed by atoms with van der Waals surface area (Å²) in [5, 5.41) is 4.35. The highest BCUT2D eigenvalue weighted by Gasteiger charge is 2.32. The highest BCUT2D eigenvalue weighted by Crippen LogP contribution is 2.31. The fourth-order valence-corrected chi connectivity index (χ4v) is 3.70. The molecular weight excluding hydrogens is 355 g/mol. The lowest BCUT2D eigenvalue weighted by Crippen LogP contribution is -2.38. The second-order valence-electron chi connectivity index (χ2n) is 7.09. The van der Waals surface area contributed by atoms with E-state index in [1.54, 1.807) is 0 Å². The topological polar surface area (TPSA) is 38.1 Å². The van der Waals surface area contributed by atoms with E-state index in [0.717, 1.165) is 42.9 Å². The summed E-state index contributed by atoms with van der Waals surface area (Å²) in [6, 6.07) is 4.75. The van der Waals surface area contributed by atoms with E-state index in [1.807, 2.05) is 24.7 Å². The van der Waals surface area contributed by atoms with E-state index in [2.05, 4.69) is 10.00 Å². The van der Waals surface area contributed by atoms with E-state index < -0.39 is 11.7 Å². The third kappa shape index (κ3) is 4.40. The standard InChI is InChI=1S/C20H24F3N3O/c1-3-26-14(2)17(11-24-26)13-25-9-5-7-16(12-25)19(27)15-6-4-8-18(10-15)20(21,22)23/h4,6,8,10-11,16H,3,5,7,9,12-13H2,1-2H3. The molecule has 0 radical (unpaired) electrons. The molecule has 1 aliphatic heterocycles. The van der Waals surface area contributed by atoms with Crippen molar-refractivity contribution in [3.05, 3.63) is 52.8 Å². The number of halogens is 3. The number of Topliss-reactive ketones (excluding diaryl/α,β-unsaturated/α-hetero) is 1. The first-order valence-corrected chi connectivity index (χ1v) is 9.24. The number of nitrogens with zero attached hydrogens (tertiary/aromatic N) is 3. The molecule has 27 heavy (non-hydrogen) atoms. The maximum absolute atomic E-state index is 12.9. The van der Waals surface area contributed by atoms with Crippen molar-refractivity contribution in [2.24, 2.45) is 5.92 Å². The first kappa shape index (κ1) is 19.6. The van der Waals surface area contributed by atoms with Gasteiger partial charge in [0.15, 0.2) is 5.78 Å². The van der Waals surface area contributed by atoms with Gasteiger partial charge in [0.1, 0.15) is 0 Å². The first-order valence-electron chi connectivity index (χ1n) is 9.24. The van der Waals surface area contributed by atoms with Crippen LogP contribution >= 0.6 is 0 Å². The fraction of sp³-hybridized carbons (Fsp3) is 0.500. The normalized spacial score (nSPS) is 18.6. The molecule has 0 amide bonds. The predicted molar refractivity (Wildman–Crippen MR) is 96.4 cm³/mol. The molecule has 1 saturated heterocycles. The van der Waals surface area contributed by atoms with E-state index in [4.69, 9.17) is 0 Å². The second-order valence-corrected chi connectivity index (χ2v) is 7.09. The molecule has 4 nitrogen and oxygen atoms in total. The molecule has 1 atom stereocenters. The average Bonchev–Trinajstić information content (AvgIpc) is 3.00. The number of aryl methyl sites for hydroxylation is 1. The second kappa shape index (κ2) is 7.84. The van der Waals surface area contributed by atoms with Crippen molar-refractivity contribution in [3.8, 4) is 0 Å². The Labute approximate surface area is 157 Å². The first-order chi connectivity index (χ1) is 12.8. The minimum atomic E-state index is -4.44. The molecule has 0 saturated carbocycles.